The van der Waals surface area contributed by atoms with Crippen LogP contribution in [0.1, 0.15) is 12.8 Å². The fourth-order valence-corrected chi connectivity index (χ4v) is 2.49. The topological polar surface area (TPSA) is 29.5 Å². The molecule has 1 unspecified atom stereocenters. The molecular formula is C12H19NO2. The summed E-state index contributed by atoms with van der Waals surface area (Å²) in [4.78, 5) is 13.8. The molecule has 3 heteroatoms. The van der Waals surface area contributed by atoms with Gasteiger partial charge in [0.05, 0.1) is 5.92 Å². The molecule has 1 saturated carbocycles. The zero-order valence-electron chi connectivity index (χ0n) is 9.48. The Morgan fingerprint density at radius 1 is 1.40 bits per heavy atom. The van der Waals surface area contributed by atoms with Gasteiger partial charge < -0.3 is 9.64 Å². The predicted molar refractivity (Wildman–Crippen MR) is 58.4 cm³/mol. The lowest BCUT2D eigenvalue weighted by atomic mass is 9.94. The Kier molecular flexibility index (Phi) is 3.10. The van der Waals surface area contributed by atoms with E-state index in [2.05, 4.69) is 12.2 Å². The van der Waals surface area contributed by atoms with E-state index in [9.17, 15) is 4.79 Å². The highest BCUT2D eigenvalue weighted by atomic mass is 16.5. The Morgan fingerprint density at radius 2 is 2.20 bits per heavy atom. The first-order valence-corrected chi connectivity index (χ1v) is 5.66. The van der Waals surface area contributed by atoms with Crippen LogP contribution in [0.5, 0.6) is 0 Å². The molecular weight excluding hydrogens is 190 g/mol. The summed E-state index contributed by atoms with van der Waals surface area (Å²) >= 11 is 0. The summed E-state index contributed by atoms with van der Waals surface area (Å²) < 4.78 is 5.27. The molecule has 2 aliphatic carbocycles. The number of carbonyl (C=O) groups is 1. The van der Waals surface area contributed by atoms with Gasteiger partial charge in [-0.05, 0) is 38.8 Å². The molecule has 0 heterocycles. The smallest absolute Gasteiger partial charge is 0.309 e. The summed E-state index contributed by atoms with van der Waals surface area (Å²) in [5.74, 6) is 1.25. The van der Waals surface area contributed by atoms with Crippen molar-refractivity contribution in [3.05, 3.63) is 12.2 Å². The van der Waals surface area contributed by atoms with Crippen LogP contribution in [-0.4, -0.2) is 38.1 Å². The van der Waals surface area contributed by atoms with Gasteiger partial charge in [-0.25, -0.2) is 0 Å². The number of rotatable bonds is 4. The van der Waals surface area contributed by atoms with Crippen molar-refractivity contribution in [2.45, 2.75) is 12.8 Å². The van der Waals surface area contributed by atoms with Gasteiger partial charge in [-0.2, -0.15) is 0 Å². The highest BCUT2D eigenvalue weighted by Gasteiger charge is 2.40. The van der Waals surface area contributed by atoms with Crippen molar-refractivity contribution in [1.29, 1.82) is 0 Å². The lowest BCUT2D eigenvalue weighted by Gasteiger charge is -2.17. The lowest BCUT2D eigenvalue weighted by Crippen LogP contribution is -2.25. The Balaban J connectivity index is 1.75. The van der Waals surface area contributed by atoms with E-state index in [-0.39, 0.29) is 11.9 Å². The highest BCUT2D eigenvalue weighted by Crippen LogP contribution is 2.43. The van der Waals surface area contributed by atoms with Gasteiger partial charge >= 0.3 is 5.97 Å². The average molecular weight is 209 g/mol. The van der Waals surface area contributed by atoms with Crippen LogP contribution in [0.15, 0.2) is 12.2 Å². The van der Waals surface area contributed by atoms with Crippen LogP contribution in [0.4, 0.5) is 0 Å². The number of allylic oxidation sites excluding steroid dienone is 2. The van der Waals surface area contributed by atoms with E-state index in [1.165, 1.54) is 0 Å². The van der Waals surface area contributed by atoms with Crippen LogP contribution in [0.3, 0.4) is 0 Å². The maximum atomic E-state index is 11.7. The minimum absolute atomic E-state index is 0.00806. The fraction of sp³-hybridized carbons (Fsp3) is 0.750. The standard InChI is InChI=1S/C12H19NO2/c1-13(2)5-6-15-12(14)11-8-9-3-4-10(11)7-9/h3-4,9-11H,5-8H2,1-2H3/t9-,10+,11?/m0/s1. The minimum Gasteiger partial charge on any atom is -0.464 e. The Labute approximate surface area is 91.1 Å². The molecule has 0 aliphatic heterocycles. The minimum atomic E-state index is 0.00806. The number of fused-ring (bicyclic) bond motifs is 2. The quantitative estimate of drug-likeness (QED) is 0.516. The second-order valence-corrected chi connectivity index (χ2v) is 4.86. The molecule has 0 aromatic heterocycles. The Hall–Kier alpha value is -0.830. The number of nitrogens with zero attached hydrogens (tertiary/aromatic N) is 1. The molecule has 0 saturated heterocycles. The predicted octanol–water partition coefficient (Wildman–Crippen LogP) is 1.30. The normalized spacial score (nSPS) is 32.6. The molecule has 0 spiro atoms. The first-order valence-electron chi connectivity index (χ1n) is 5.66. The first kappa shape index (κ1) is 10.7. The lowest BCUT2D eigenvalue weighted by molar-refractivity contribution is -0.149. The summed E-state index contributed by atoms with van der Waals surface area (Å²) in [5, 5.41) is 0. The van der Waals surface area contributed by atoms with E-state index in [4.69, 9.17) is 4.74 Å². The molecule has 0 N–H and O–H groups in total. The molecule has 0 aromatic rings. The third-order valence-electron chi connectivity index (χ3n) is 3.36. The van der Waals surface area contributed by atoms with E-state index in [1.54, 1.807) is 0 Å². The number of hydrogen-bond donors (Lipinski definition) is 0. The summed E-state index contributed by atoms with van der Waals surface area (Å²) in [7, 11) is 3.96. The molecule has 0 radical (unpaired) electrons. The molecule has 0 aromatic carbocycles. The van der Waals surface area contributed by atoms with Crippen molar-refractivity contribution in [3.63, 3.8) is 0 Å². The average Bonchev–Trinajstić information content (AvgIpc) is 2.77. The number of hydrogen-bond acceptors (Lipinski definition) is 3. The molecule has 1 fully saturated rings. The molecule has 2 rings (SSSR count). The van der Waals surface area contributed by atoms with Gasteiger partial charge in [0.15, 0.2) is 0 Å². The van der Waals surface area contributed by atoms with Crippen LogP contribution in [0.2, 0.25) is 0 Å². The van der Waals surface area contributed by atoms with Crippen molar-refractivity contribution >= 4 is 5.97 Å². The van der Waals surface area contributed by atoms with E-state index >= 15 is 0 Å². The van der Waals surface area contributed by atoms with Gasteiger partial charge in [-0.3, -0.25) is 4.79 Å². The van der Waals surface area contributed by atoms with Gasteiger partial charge in [0.2, 0.25) is 0 Å². The molecule has 3 nitrogen and oxygen atoms in total. The van der Waals surface area contributed by atoms with Crippen molar-refractivity contribution in [2.24, 2.45) is 17.8 Å². The monoisotopic (exact) mass is 209 g/mol. The Morgan fingerprint density at radius 3 is 2.73 bits per heavy atom. The zero-order valence-corrected chi connectivity index (χ0v) is 9.48. The summed E-state index contributed by atoms with van der Waals surface area (Å²) in [6.45, 7) is 1.33. The van der Waals surface area contributed by atoms with Gasteiger partial charge in [-0.15, -0.1) is 0 Å². The zero-order chi connectivity index (χ0) is 10.8. The SMILES string of the molecule is CN(C)CCOC(=O)C1C[C@H]2C=C[C@@H]1C2. The number of likely N-dealkylation sites (N-methyl/N-ethyl adjacent to an activating group) is 1. The van der Waals surface area contributed by atoms with Crippen LogP contribution in [-0.2, 0) is 9.53 Å². The summed E-state index contributed by atoms with van der Waals surface area (Å²) in [6.07, 6.45) is 6.59. The van der Waals surface area contributed by atoms with Crippen molar-refractivity contribution < 1.29 is 9.53 Å². The molecule has 15 heavy (non-hydrogen) atoms. The van der Waals surface area contributed by atoms with Crippen molar-refractivity contribution in [1.82, 2.24) is 4.90 Å². The van der Waals surface area contributed by atoms with Crippen molar-refractivity contribution in [2.75, 3.05) is 27.2 Å². The summed E-state index contributed by atoms with van der Waals surface area (Å²) in [6, 6.07) is 0. The third-order valence-corrected chi connectivity index (χ3v) is 3.36. The van der Waals surface area contributed by atoms with Crippen molar-refractivity contribution in [3.8, 4) is 0 Å². The van der Waals surface area contributed by atoms with E-state index < -0.39 is 0 Å². The molecule has 2 bridgehead atoms. The van der Waals surface area contributed by atoms with Gasteiger partial charge in [0.1, 0.15) is 6.61 Å². The molecule has 2 aliphatic rings. The third kappa shape index (κ3) is 2.40. The van der Waals surface area contributed by atoms with Gasteiger partial charge in [0, 0.05) is 6.54 Å². The van der Waals surface area contributed by atoms with Crippen LogP contribution in [0.25, 0.3) is 0 Å². The molecule has 0 amide bonds. The number of ether oxygens (including phenoxy) is 1. The first-order chi connectivity index (χ1) is 7.16. The second-order valence-electron chi connectivity index (χ2n) is 4.86. The van der Waals surface area contributed by atoms with Crippen LogP contribution < -0.4 is 0 Å². The van der Waals surface area contributed by atoms with E-state index in [0.29, 0.717) is 18.4 Å². The largest absolute Gasteiger partial charge is 0.464 e. The van der Waals surface area contributed by atoms with Gasteiger partial charge in [0.25, 0.3) is 0 Å². The van der Waals surface area contributed by atoms with Crippen LogP contribution in [0, 0.1) is 17.8 Å². The number of carbonyl (C=O) groups excluding carboxylic acids is 1. The summed E-state index contributed by atoms with van der Waals surface area (Å²) in [5.41, 5.74) is 0. The van der Waals surface area contributed by atoms with Crippen LogP contribution >= 0.6 is 0 Å². The van der Waals surface area contributed by atoms with E-state index in [1.807, 2.05) is 19.0 Å². The molecule has 84 valence electrons. The number of esters is 1. The molecule has 3 atom stereocenters. The fourth-order valence-electron chi connectivity index (χ4n) is 2.49. The second kappa shape index (κ2) is 4.35. The maximum Gasteiger partial charge on any atom is 0.309 e. The highest BCUT2D eigenvalue weighted by molar-refractivity contribution is 5.74. The van der Waals surface area contributed by atoms with Gasteiger partial charge in [-0.1, -0.05) is 12.2 Å². The maximum absolute atomic E-state index is 11.7. The Bertz CT molecular complexity index is 273. The van der Waals surface area contributed by atoms with E-state index in [0.717, 1.165) is 19.4 Å².